The van der Waals surface area contributed by atoms with Crippen LogP contribution < -0.4 is 5.73 Å². The Labute approximate surface area is 93.0 Å². The maximum Gasteiger partial charge on any atom is 0.121 e. The zero-order chi connectivity index (χ0) is 10.5. The fraction of sp³-hybridized carbons (Fsp3) is 0.273. The predicted molar refractivity (Wildman–Crippen MR) is 61.9 cm³/mol. The van der Waals surface area contributed by atoms with Gasteiger partial charge >= 0.3 is 0 Å². The zero-order valence-corrected chi connectivity index (χ0v) is 9.20. The molecule has 0 atom stereocenters. The number of hydrogen-bond donors (Lipinski definition) is 1. The third-order valence-corrected chi connectivity index (χ3v) is 3.05. The van der Waals surface area contributed by atoms with Crippen LogP contribution in [0.3, 0.4) is 0 Å². The molecule has 3 nitrogen and oxygen atoms in total. The summed E-state index contributed by atoms with van der Waals surface area (Å²) in [6, 6.07) is 10.3. The minimum absolute atomic E-state index is 0.639. The smallest absolute Gasteiger partial charge is 0.121 e. The zero-order valence-electron chi connectivity index (χ0n) is 8.39. The van der Waals surface area contributed by atoms with Gasteiger partial charge in [-0.05, 0) is 12.1 Å². The van der Waals surface area contributed by atoms with E-state index in [9.17, 15) is 0 Å². The van der Waals surface area contributed by atoms with Crippen molar-refractivity contribution in [2.75, 3.05) is 6.54 Å². The van der Waals surface area contributed by atoms with E-state index in [4.69, 9.17) is 5.73 Å². The Morgan fingerprint density at radius 2 is 1.80 bits per heavy atom. The molecule has 0 fully saturated rings. The summed E-state index contributed by atoms with van der Waals surface area (Å²) in [6.45, 7) is 0.639. The second-order valence-corrected chi connectivity index (χ2v) is 4.44. The maximum absolute atomic E-state index is 5.46. The molecule has 0 aliphatic rings. The summed E-state index contributed by atoms with van der Waals surface area (Å²) < 4.78 is 0. The van der Waals surface area contributed by atoms with E-state index < -0.39 is 0 Å². The Hall–Kier alpha value is -1.26. The van der Waals surface area contributed by atoms with Crippen molar-refractivity contribution in [1.82, 2.24) is 10.2 Å². The third kappa shape index (κ3) is 2.84. The van der Waals surface area contributed by atoms with Crippen LogP contribution in [-0.4, -0.2) is 16.7 Å². The van der Waals surface area contributed by atoms with Crippen LogP contribution in [0.1, 0.15) is 15.6 Å². The number of nitrogens with two attached hydrogens (primary N) is 1. The van der Waals surface area contributed by atoms with Crippen molar-refractivity contribution in [2.45, 2.75) is 12.8 Å². The van der Waals surface area contributed by atoms with Crippen molar-refractivity contribution in [1.29, 1.82) is 0 Å². The molecule has 0 amide bonds. The van der Waals surface area contributed by atoms with Gasteiger partial charge in [-0.2, -0.15) is 0 Å². The Morgan fingerprint density at radius 3 is 2.53 bits per heavy atom. The fourth-order valence-corrected chi connectivity index (χ4v) is 2.25. The van der Waals surface area contributed by atoms with Gasteiger partial charge in [-0.15, -0.1) is 21.5 Å². The Kier molecular flexibility index (Phi) is 3.42. The summed E-state index contributed by atoms with van der Waals surface area (Å²) in [5.74, 6) is 0. The van der Waals surface area contributed by atoms with Crippen molar-refractivity contribution >= 4 is 11.3 Å². The van der Waals surface area contributed by atoms with Gasteiger partial charge in [0.15, 0.2) is 0 Å². The number of hydrogen-bond acceptors (Lipinski definition) is 4. The summed E-state index contributed by atoms with van der Waals surface area (Å²) in [7, 11) is 0. The molecule has 0 unspecified atom stereocenters. The summed E-state index contributed by atoms with van der Waals surface area (Å²) in [4.78, 5) is 0. The Morgan fingerprint density at radius 1 is 1.07 bits per heavy atom. The highest BCUT2D eigenvalue weighted by molar-refractivity contribution is 7.11. The van der Waals surface area contributed by atoms with Crippen molar-refractivity contribution in [3.05, 3.63) is 45.9 Å². The van der Waals surface area contributed by atoms with E-state index >= 15 is 0 Å². The van der Waals surface area contributed by atoms with Crippen molar-refractivity contribution in [3.8, 4) is 0 Å². The van der Waals surface area contributed by atoms with Gasteiger partial charge in [0.05, 0.1) is 0 Å². The SMILES string of the molecule is NCCc1nnc(Cc2ccccc2)s1. The van der Waals surface area contributed by atoms with E-state index in [0.717, 1.165) is 22.9 Å². The van der Waals surface area contributed by atoms with Gasteiger partial charge in [-0.1, -0.05) is 30.3 Å². The monoisotopic (exact) mass is 219 g/mol. The molecule has 0 aliphatic heterocycles. The second kappa shape index (κ2) is 5.00. The first-order chi connectivity index (χ1) is 7.38. The van der Waals surface area contributed by atoms with Crippen molar-refractivity contribution < 1.29 is 0 Å². The molecule has 15 heavy (non-hydrogen) atoms. The van der Waals surface area contributed by atoms with E-state index in [0.29, 0.717) is 6.54 Å². The standard InChI is InChI=1S/C11H13N3S/c12-7-6-10-13-14-11(15-10)8-9-4-2-1-3-5-9/h1-5H,6-8,12H2. The Balaban J connectivity index is 2.05. The van der Waals surface area contributed by atoms with Crippen LogP contribution in [0.2, 0.25) is 0 Å². The number of aromatic nitrogens is 2. The summed E-state index contributed by atoms with van der Waals surface area (Å²) in [6.07, 6.45) is 1.69. The van der Waals surface area contributed by atoms with Crippen molar-refractivity contribution in [2.24, 2.45) is 5.73 Å². The van der Waals surface area contributed by atoms with Gasteiger partial charge in [-0.3, -0.25) is 0 Å². The number of benzene rings is 1. The fourth-order valence-electron chi connectivity index (χ4n) is 1.35. The highest BCUT2D eigenvalue weighted by Gasteiger charge is 2.03. The molecular weight excluding hydrogens is 206 g/mol. The van der Waals surface area contributed by atoms with Crippen LogP contribution in [0.15, 0.2) is 30.3 Å². The lowest BCUT2D eigenvalue weighted by atomic mass is 10.2. The molecule has 1 heterocycles. The van der Waals surface area contributed by atoms with Crippen LogP contribution in [0.5, 0.6) is 0 Å². The van der Waals surface area contributed by atoms with Crippen LogP contribution in [0, 0.1) is 0 Å². The summed E-state index contributed by atoms with van der Waals surface area (Å²) >= 11 is 1.65. The molecule has 2 aromatic rings. The molecular formula is C11H13N3S. The molecule has 0 bridgehead atoms. The first-order valence-corrected chi connectivity index (χ1v) is 5.75. The first-order valence-electron chi connectivity index (χ1n) is 4.94. The minimum Gasteiger partial charge on any atom is -0.330 e. The molecule has 4 heteroatoms. The minimum atomic E-state index is 0.639. The Bertz CT molecular complexity index is 411. The lowest BCUT2D eigenvalue weighted by Gasteiger charge is -1.94. The largest absolute Gasteiger partial charge is 0.330 e. The molecule has 78 valence electrons. The first kappa shape index (κ1) is 10.3. The quantitative estimate of drug-likeness (QED) is 0.850. The number of nitrogens with zero attached hydrogens (tertiary/aromatic N) is 2. The topological polar surface area (TPSA) is 51.8 Å². The third-order valence-electron chi connectivity index (χ3n) is 2.07. The van der Waals surface area contributed by atoms with Gasteiger partial charge < -0.3 is 5.73 Å². The van der Waals surface area contributed by atoms with E-state index in [2.05, 4.69) is 22.3 Å². The summed E-state index contributed by atoms with van der Waals surface area (Å²) in [5, 5.41) is 10.3. The van der Waals surface area contributed by atoms with Gasteiger partial charge in [0, 0.05) is 12.8 Å². The van der Waals surface area contributed by atoms with Gasteiger partial charge in [-0.25, -0.2) is 0 Å². The van der Waals surface area contributed by atoms with Gasteiger partial charge in [0.2, 0.25) is 0 Å². The molecule has 0 saturated heterocycles. The molecule has 0 saturated carbocycles. The normalized spacial score (nSPS) is 10.5. The lowest BCUT2D eigenvalue weighted by Crippen LogP contribution is -2.01. The van der Waals surface area contributed by atoms with Gasteiger partial charge in [0.25, 0.3) is 0 Å². The highest BCUT2D eigenvalue weighted by Crippen LogP contribution is 2.14. The highest BCUT2D eigenvalue weighted by atomic mass is 32.1. The molecule has 0 radical (unpaired) electrons. The second-order valence-electron chi connectivity index (χ2n) is 3.29. The van der Waals surface area contributed by atoms with Crippen molar-refractivity contribution in [3.63, 3.8) is 0 Å². The van der Waals surface area contributed by atoms with Crippen LogP contribution in [-0.2, 0) is 12.8 Å². The van der Waals surface area contributed by atoms with E-state index in [-0.39, 0.29) is 0 Å². The molecule has 0 spiro atoms. The maximum atomic E-state index is 5.46. The molecule has 0 aliphatic carbocycles. The molecule has 2 N–H and O–H groups in total. The molecule has 1 aromatic carbocycles. The molecule has 2 rings (SSSR count). The average Bonchev–Trinajstić information content (AvgIpc) is 2.68. The number of rotatable bonds is 4. The summed E-state index contributed by atoms with van der Waals surface area (Å²) in [5.41, 5.74) is 6.73. The van der Waals surface area contributed by atoms with Gasteiger partial charge in [0.1, 0.15) is 10.0 Å². The van der Waals surface area contributed by atoms with Crippen LogP contribution in [0.25, 0.3) is 0 Å². The van der Waals surface area contributed by atoms with Crippen LogP contribution in [0.4, 0.5) is 0 Å². The van der Waals surface area contributed by atoms with E-state index in [1.807, 2.05) is 18.2 Å². The average molecular weight is 219 g/mol. The molecule has 1 aromatic heterocycles. The van der Waals surface area contributed by atoms with E-state index in [1.165, 1.54) is 5.56 Å². The lowest BCUT2D eigenvalue weighted by molar-refractivity contribution is 0.898. The van der Waals surface area contributed by atoms with E-state index in [1.54, 1.807) is 11.3 Å². The predicted octanol–water partition coefficient (Wildman–Crippen LogP) is 1.63. The van der Waals surface area contributed by atoms with Crippen LogP contribution >= 0.6 is 11.3 Å².